The SMILES string of the molecule is Cc1sncc1C(=O)NCc1ccc(N2CCCC2=O)cc1. The highest BCUT2D eigenvalue weighted by atomic mass is 32.1. The monoisotopic (exact) mass is 315 g/mol. The Morgan fingerprint density at radius 2 is 2.14 bits per heavy atom. The highest BCUT2D eigenvalue weighted by Crippen LogP contribution is 2.21. The van der Waals surface area contributed by atoms with Crippen LogP contribution in [0.5, 0.6) is 0 Å². The molecule has 6 heteroatoms. The van der Waals surface area contributed by atoms with E-state index in [-0.39, 0.29) is 11.8 Å². The zero-order chi connectivity index (χ0) is 15.5. The van der Waals surface area contributed by atoms with Gasteiger partial charge in [0.1, 0.15) is 0 Å². The number of nitrogens with one attached hydrogen (secondary N) is 1. The highest BCUT2D eigenvalue weighted by molar-refractivity contribution is 7.06. The molecule has 1 saturated heterocycles. The van der Waals surface area contributed by atoms with E-state index in [2.05, 4.69) is 9.69 Å². The predicted molar refractivity (Wildman–Crippen MR) is 86.1 cm³/mol. The summed E-state index contributed by atoms with van der Waals surface area (Å²) in [4.78, 5) is 26.4. The van der Waals surface area contributed by atoms with Crippen LogP contribution in [-0.2, 0) is 11.3 Å². The fourth-order valence-corrected chi connectivity index (χ4v) is 3.07. The smallest absolute Gasteiger partial charge is 0.254 e. The molecule has 1 fully saturated rings. The normalized spacial score (nSPS) is 14.4. The molecule has 1 aliphatic heterocycles. The van der Waals surface area contributed by atoms with Gasteiger partial charge in [-0.25, -0.2) is 4.37 Å². The third-order valence-electron chi connectivity index (χ3n) is 3.77. The summed E-state index contributed by atoms with van der Waals surface area (Å²) in [6.45, 7) is 3.14. The van der Waals surface area contributed by atoms with Crippen LogP contribution < -0.4 is 10.2 Å². The lowest BCUT2D eigenvalue weighted by atomic mass is 10.2. The van der Waals surface area contributed by atoms with E-state index in [1.165, 1.54) is 11.5 Å². The van der Waals surface area contributed by atoms with Crippen LogP contribution in [0.1, 0.15) is 33.6 Å². The van der Waals surface area contributed by atoms with Crippen LogP contribution in [-0.4, -0.2) is 22.7 Å². The first kappa shape index (κ1) is 14.7. The number of carbonyl (C=O) groups is 2. The molecule has 0 radical (unpaired) electrons. The summed E-state index contributed by atoms with van der Waals surface area (Å²) >= 11 is 1.32. The number of rotatable bonds is 4. The Bertz CT molecular complexity index is 694. The number of benzene rings is 1. The van der Waals surface area contributed by atoms with Crippen molar-refractivity contribution in [3.8, 4) is 0 Å². The molecule has 1 N–H and O–H groups in total. The molecule has 3 rings (SSSR count). The highest BCUT2D eigenvalue weighted by Gasteiger charge is 2.21. The van der Waals surface area contributed by atoms with Crippen LogP contribution in [0.25, 0.3) is 0 Å². The number of hydrogen-bond acceptors (Lipinski definition) is 4. The van der Waals surface area contributed by atoms with Crippen molar-refractivity contribution in [2.75, 3.05) is 11.4 Å². The summed E-state index contributed by atoms with van der Waals surface area (Å²) in [5.74, 6) is 0.0755. The van der Waals surface area contributed by atoms with Gasteiger partial charge in [-0.2, -0.15) is 0 Å². The molecule has 22 heavy (non-hydrogen) atoms. The van der Waals surface area contributed by atoms with Crippen LogP contribution in [0.3, 0.4) is 0 Å². The van der Waals surface area contributed by atoms with Gasteiger partial charge in [-0.05, 0) is 42.6 Å². The van der Waals surface area contributed by atoms with Crippen LogP contribution in [0, 0.1) is 6.92 Å². The second kappa shape index (κ2) is 6.27. The number of carbonyl (C=O) groups excluding carboxylic acids is 2. The maximum atomic E-state index is 12.0. The zero-order valence-electron chi connectivity index (χ0n) is 12.3. The van der Waals surface area contributed by atoms with Gasteiger partial charge in [-0.15, -0.1) is 0 Å². The van der Waals surface area contributed by atoms with Crippen molar-refractivity contribution in [1.82, 2.24) is 9.69 Å². The summed E-state index contributed by atoms with van der Waals surface area (Å²) in [6, 6.07) is 7.75. The molecular weight excluding hydrogens is 298 g/mol. The van der Waals surface area contributed by atoms with Gasteiger partial charge in [0.15, 0.2) is 0 Å². The minimum Gasteiger partial charge on any atom is -0.348 e. The van der Waals surface area contributed by atoms with Crippen LogP contribution in [0.2, 0.25) is 0 Å². The lowest BCUT2D eigenvalue weighted by Gasteiger charge is -2.16. The minimum atomic E-state index is -0.106. The number of nitrogens with zero attached hydrogens (tertiary/aromatic N) is 2. The van der Waals surface area contributed by atoms with Gasteiger partial charge in [0.25, 0.3) is 5.91 Å². The molecule has 5 nitrogen and oxygen atoms in total. The summed E-state index contributed by atoms with van der Waals surface area (Å²) in [6.07, 6.45) is 3.15. The lowest BCUT2D eigenvalue weighted by Crippen LogP contribution is -2.24. The molecule has 1 aromatic carbocycles. The quantitative estimate of drug-likeness (QED) is 0.943. The third kappa shape index (κ3) is 3.01. The standard InChI is InChI=1S/C16H17N3O2S/c1-11-14(10-18-22-11)16(21)17-9-12-4-6-13(7-5-12)19-8-2-3-15(19)20/h4-7,10H,2-3,8-9H2,1H3,(H,17,21). The lowest BCUT2D eigenvalue weighted by molar-refractivity contribution is -0.117. The van der Waals surface area contributed by atoms with Crippen LogP contribution in [0.15, 0.2) is 30.5 Å². The molecule has 0 saturated carbocycles. The van der Waals surface area contributed by atoms with Gasteiger partial charge in [0, 0.05) is 30.1 Å². The van der Waals surface area contributed by atoms with Crippen molar-refractivity contribution in [2.45, 2.75) is 26.3 Å². The predicted octanol–water partition coefficient (Wildman–Crippen LogP) is 2.51. The van der Waals surface area contributed by atoms with Crippen molar-refractivity contribution in [1.29, 1.82) is 0 Å². The number of aromatic nitrogens is 1. The Labute approximate surface area is 133 Å². The first-order chi connectivity index (χ1) is 10.6. The summed E-state index contributed by atoms with van der Waals surface area (Å²) in [5, 5.41) is 2.89. The van der Waals surface area contributed by atoms with Crippen molar-refractivity contribution in [3.63, 3.8) is 0 Å². The molecule has 0 bridgehead atoms. The first-order valence-electron chi connectivity index (χ1n) is 7.24. The van der Waals surface area contributed by atoms with Crippen molar-refractivity contribution >= 4 is 29.0 Å². The first-order valence-corrected chi connectivity index (χ1v) is 8.01. The van der Waals surface area contributed by atoms with Gasteiger partial charge in [-0.1, -0.05) is 12.1 Å². The largest absolute Gasteiger partial charge is 0.348 e. The van der Waals surface area contributed by atoms with Crippen LogP contribution in [0.4, 0.5) is 5.69 Å². The number of aryl methyl sites for hydroxylation is 1. The molecule has 0 spiro atoms. The maximum absolute atomic E-state index is 12.0. The van der Waals surface area contributed by atoms with Crippen molar-refractivity contribution in [2.24, 2.45) is 0 Å². The zero-order valence-corrected chi connectivity index (χ0v) is 13.2. The molecule has 2 amide bonds. The van der Waals surface area contributed by atoms with Gasteiger partial charge in [0.2, 0.25) is 5.91 Å². The molecule has 1 aromatic heterocycles. The Morgan fingerprint density at radius 3 is 2.73 bits per heavy atom. The second-order valence-corrected chi connectivity index (χ2v) is 6.30. The van der Waals surface area contributed by atoms with Gasteiger partial charge in [0.05, 0.1) is 11.8 Å². The van der Waals surface area contributed by atoms with Gasteiger partial charge >= 0.3 is 0 Å². The summed E-state index contributed by atoms with van der Waals surface area (Å²) in [5.41, 5.74) is 2.56. The molecule has 2 heterocycles. The van der Waals surface area contributed by atoms with E-state index in [1.807, 2.05) is 36.1 Å². The molecule has 0 unspecified atom stereocenters. The Kier molecular flexibility index (Phi) is 4.20. The van der Waals surface area contributed by atoms with E-state index >= 15 is 0 Å². The minimum absolute atomic E-state index is 0.106. The second-order valence-electron chi connectivity index (χ2n) is 5.29. The molecule has 2 aromatic rings. The summed E-state index contributed by atoms with van der Waals surface area (Å²) < 4.78 is 4.00. The number of amides is 2. The van der Waals surface area contributed by atoms with Crippen molar-refractivity contribution < 1.29 is 9.59 Å². The molecular formula is C16H17N3O2S. The molecule has 0 aliphatic carbocycles. The van der Waals surface area contributed by atoms with E-state index in [0.29, 0.717) is 18.5 Å². The van der Waals surface area contributed by atoms with E-state index in [4.69, 9.17) is 0 Å². The van der Waals surface area contributed by atoms with Gasteiger partial charge < -0.3 is 10.2 Å². The topological polar surface area (TPSA) is 62.3 Å². The fraction of sp³-hybridized carbons (Fsp3) is 0.312. The third-order valence-corrected chi connectivity index (χ3v) is 4.47. The van der Waals surface area contributed by atoms with Crippen molar-refractivity contribution in [3.05, 3.63) is 46.5 Å². The van der Waals surface area contributed by atoms with E-state index < -0.39 is 0 Å². The van der Waals surface area contributed by atoms with E-state index in [1.54, 1.807) is 6.20 Å². The molecule has 0 atom stereocenters. The Hall–Kier alpha value is -2.21. The Morgan fingerprint density at radius 1 is 1.36 bits per heavy atom. The summed E-state index contributed by atoms with van der Waals surface area (Å²) in [7, 11) is 0. The molecule has 1 aliphatic rings. The molecule has 114 valence electrons. The maximum Gasteiger partial charge on any atom is 0.254 e. The number of anilines is 1. The van der Waals surface area contributed by atoms with Crippen LogP contribution >= 0.6 is 11.5 Å². The fourth-order valence-electron chi connectivity index (χ4n) is 2.51. The van der Waals surface area contributed by atoms with E-state index in [9.17, 15) is 9.59 Å². The van der Waals surface area contributed by atoms with Gasteiger partial charge in [-0.3, -0.25) is 9.59 Å². The number of hydrogen-bond donors (Lipinski definition) is 1. The Balaban J connectivity index is 1.61. The van der Waals surface area contributed by atoms with E-state index in [0.717, 1.165) is 29.1 Å². The average molecular weight is 315 g/mol. The average Bonchev–Trinajstić information content (AvgIpc) is 3.14.